The van der Waals surface area contributed by atoms with Gasteiger partial charge in [0, 0.05) is 6.08 Å². The Balaban J connectivity index is 3.21. The molecule has 0 spiro atoms. The smallest absolute Gasteiger partial charge is 0.330 e. The Morgan fingerprint density at radius 1 is 1.14 bits per heavy atom. The topological polar surface area (TPSA) is 26.3 Å². The van der Waals surface area contributed by atoms with Gasteiger partial charge in [0.15, 0.2) is 0 Å². The molecule has 0 aromatic carbocycles. The van der Waals surface area contributed by atoms with Gasteiger partial charge in [-0.3, -0.25) is 0 Å². The van der Waals surface area contributed by atoms with E-state index in [-0.39, 0.29) is 5.97 Å². The van der Waals surface area contributed by atoms with Crippen LogP contribution in [0, 0.1) is 0 Å². The van der Waals surface area contributed by atoms with Crippen molar-refractivity contribution in [3.8, 4) is 0 Å². The normalized spacial score (nSPS) is 11.3. The largest absolute Gasteiger partial charge is 0.466 e. The summed E-state index contributed by atoms with van der Waals surface area (Å²) in [6, 6.07) is 0. The lowest BCUT2D eigenvalue weighted by Crippen LogP contribution is -1.93. The molecule has 0 aliphatic heterocycles. The maximum absolute atomic E-state index is 10.7. The zero-order valence-corrected chi connectivity index (χ0v) is 9.16. The number of rotatable bonds is 7. The number of carbonyl (C=O) groups excluding carboxylic acids is 1. The number of unbranched alkanes of at least 4 members (excludes halogenated alkanes) is 4. The molecular formula is C12H20O2. The summed E-state index contributed by atoms with van der Waals surface area (Å²) in [5, 5.41) is 0. The van der Waals surface area contributed by atoms with Gasteiger partial charge in [0.25, 0.3) is 0 Å². The number of methoxy groups -OCH3 is 1. The van der Waals surface area contributed by atoms with Crippen molar-refractivity contribution in [2.24, 2.45) is 0 Å². The SMILES string of the molecule is C/C=C/CCCCC/C=C/C(=O)OC. The molecule has 0 rings (SSSR count). The van der Waals surface area contributed by atoms with Crippen LogP contribution in [0.4, 0.5) is 0 Å². The molecule has 2 nitrogen and oxygen atoms in total. The van der Waals surface area contributed by atoms with Gasteiger partial charge in [-0.25, -0.2) is 4.79 Å². The van der Waals surface area contributed by atoms with Crippen LogP contribution in [0.5, 0.6) is 0 Å². The van der Waals surface area contributed by atoms with Crippen LogP contribution in [0.1, 0.15) is 39.0 Å². The molecule has 0 fully saturated rings. The first-order valence-corrected chi connectivity index (χ1v) is 5.17. The fourth-order valence-corrected chi connectivity index (χ4v) is 1.12. The van der Waals surface area contributed by atoms with Crippen molar-refractivity contribution in [1.82, 2.24) is 0 Å². The van der Waals surface area contributed by atoms with Crippen molar-refractivity contribution >= 4 is 5.97 Å². The van der Waals surface area contributed by atoms with Gasteiger partial charge in [-0.15, -0.1) is 0 Å². The molecule has 0 aromatic heterocycles. The number of allylic oxidation sites excluding steroid dienone is 3. The van der Waals surface area contributed by atoms with Crippen molar-refractivity contribution in [1.29, 1.82) is 0 Å². The zero-order chi connectivity index (χ0) is 10.6. The molecular weight excluding hydrogens is 176 g/mol. The van der Waals surface area contributed by atoms with E-state index < -0.39 is 0 Å². The van der Waals surface area contributed by atoms with E-state index in [0.29, 0.717) is 0 Å². The summed E-state index contributed by atoms with van der Waals surface area (Å²) in [5.74, 6) is -0.265. The molecule has 0 aliphatic rings. The summed E-state index contributed by atoms with van der Waals surface area (Å²) >= 11 is 0. The Labute approximate surface area is 86.6 Å². The number of hydrogen-bond donors (Lipinski definition) is 0. The predicted octanol–water partition coefficient (Wildman–Crippen LogP) is 3.24. The summed E-state index contributed by atoms with van der Waals surface area (Å²) in [4.78, 5) is 10.7. The van der Waals surface area contributed by atoms with Gasteiger partial charge in [0.1, 0.15) is 0 Å². The second-order valence-electron chi connectivity index (χ2n) is 3.13. The predicted molar refractivity (Wildman–Crippen MR) is 59.1 cm³/mol. The van der Waals surface area contributed by atoms with E-state index in [0.717, 1.165) is 19.3 Å². The molecule has 0 saturated heterocycles. The highest BCUT2D eigenvalue weighted by Gasteiger charge is 1.89. The van der Waals surface area contributed by atoms with Crippen LogP contribution in [-0.4, -0.2) is 13.1 Å². The third-order valence-corrected chi connectivity index (χ3v) is 1.93. The lowest BCUT2D eigenvalue weighted by molar-refractivity contribution is -0.134. The van der Waals surface area contributed by atoms with Crippen molar-refractivity contribution in [3.05, 3.63) is 24.3 Å². The molecule has 0 unspecified atom stereocenters. The summed E-state index contributed by atoms with van der Waals surface area (Å²) in [6.45, 7) is 2.04. The van der Waals surface area contributed by atoms with E-state index in [1.54, 1.807) is 0 Å². The fourth-order valence-electron chi connectivity index (χ4n) is 1.12. The van der Waals surface area contributed by atoms with Crippen molar-refractivity contribution in [2.75, 3.05) is 7.11 Å². The highest BCUT2D eigenvalue weighted by Crippen LogP contribution is 2.04. The van der Waals surface area contributed by atoms with E-state index in [2.05, 4.69) is 16.9 Å². The Morgan fingerprint density at radius 3 is 2.36 bits per heavy atom. The van der Waals surface area contributed by atoms with Crippen LogP contribution < -0.4 is 0 Å². The highest BCUT2D eigenvalue weighted by atomic mass is 16.5. The summed E-state index contributed by atoms with van der Waals surface area (Å²) in [7, 11) is 1.39. The fraction of sp³-hybridized carbons (Fsp3) is 0.583. The van der Waals surface area contributed by atoms with Gasteiger partial charge in [0.2, 0.25) is 0 Å². The minimum Gasteiger partial charge on any atom is -0.466 e. The molecule has 0 atom stereocenters. The van der Waals surface area contributed by atoms with E-state index in [9.17, 15) is 4.79 Å². The first kappa shape index (κ1) is 12.9. The number of hydrogen-bond acceptors (Lipinski definition) is 2. The Morgan fingerprint density at radius 2 is 1.79 bits per heavy atom. The average Bonchev–Trinajstić information content (AvgIpc) is 2.21. The van der Waals surface area contributed by atoms with Crippen LogP contribution >= 0.6 is 0 Å². The first-order chi connectivity index (χ1) is 6.81. The van der Waals surface area contributed by atoms with E-state index >= 15 is 0 Å². The molecule has 0 heterocycles. The molecule has 80 valence electrons. The third kappa shape index (κ3) is 9.04. The van der Waals surface area contributed by atoms with Gasteiger partial charge >= 0.3 is 5.97 Å². The van der Waals surface area contributed by atoms with Crippen LogP contribution in [0.15, 0.2) is 24.3 Å². The molecule has 14 heavy (non-hydrogen) atoms. The summed E-state index contributed by atoms with van der Waals surface area (Å²) in [6.07, 6.45) is 13.4. The Bertz CT molecular complexity index is 192. The Hall–Kier alpha value is -1.05. The van der Waals surface area contributed by atoms with Gasteiger partial charge in [-0.2, -0.15) is 0 Å². The monoisotopic (exact) mass is 196 g/mol. The van der Waals surface area contributed by atoms with Gasteiger partial charge < -0.3 is 4.74 Å². The second-order valence-corrected chi connectivity index (χ2v) is 3.13. The van der Waals surface area contributed by atoms with E-state index in [4.69, 9.17) is 0 Å². The van der Waals surface area contributed by atoms with Crippen LogP contribution in [-0.2, 0) is 9.53 Å². The lowest BCUT2D eigenvalue weighted by atomic mass is 10.1. The van der Waals surface area contributed by atoms with Crippen LogP contribution in [0.2, 0.25) is 0 Å². The molecule has 0 N–H and O–H groups in total. The van der Waals surface area contributed by atoms with Crippen molar-refractivity contribution < 1.29 is 9.53 Å². The van der Waals surface area contributed by atoms with Crippen LogP contribution in [0.3, 0.4) is 0 Å². The van der Waals surface area contributed by atoms with Gasteiger partial charge in [-0.05, 0) is 32.6 Å². The average molecular weight is 196 g/mol. The van der Waals surface area contributed by atoms with Gasteiger partial charge in [0.05, 0.1) is 7.11 Å². The quantitative estimate of drug-likeness (QED) is 0.270. The van der Waals surface area contributed by atoms with Crippen molar-refractivity contribution in [3.63, 3.8) is 0 Å². The molecule has 0 saturated carbocycles. The maximum atomic E-state index is 10.7. The summed E-state index contributed by atoms with van der Waals surface area (Å²) < 4.78 is 4.47. The molecule has 2 heteroatoms. The molecule has 0 aliphatic carbocycles. The van der Waals surface area contributed by atoms with Crippen LogP contribution in [0.25, 0.3) is 0 Å². The van der Waals surface area contributed by atoms with E-state index in [1.807, 2.05) is 13.0 Å². The molecule has 0 radical (unpaired) electrons. The standard InChI is InChI=1S/C12H20O2/c1-3-4-5-6-7-8-9-10-11-12(13)14-2/h3-4,10-11H,5-9H2,1-2H3/b4-3+,11-10+. The highest BCUT2D eigenvalue weighted by molar-refractivity contribution is 5.81. The minimum atomic E-state index is -0.265. The molecule has 0 bridgehead atoms. The summed E-state index contributed by atoms with van der Waals surface area (Å²) in [5.41, 5.74) is 0. The molecule has 0 amide bonds. The number of ether oxygens (including phenoxy) is 1. The maximum Gasteiger partial charge on any atom is 0.330 e. The zero-order valence-electron chi connectivity index (χ0n) is 9.16. The van der Waals surface area contributed by atoms with E-state index in [1.165, 1.54) is 26.0 Å². The number of esters is 1. The molecule has 0 aromatic rings. The number of carbonyl (C=O) groups is 1. The Kier molecular flexibility index (Phi) is 9.28. The van der Waals surface area contributed by atoms with Crippen molar-refractivity contribution in [2.45, 2.75) is 39.0 Å². The first-order valence-electron chi connectivity index (χ1n) is 5.17. The third-order valence-electron chi connectivity index (χ3n) is 1.93. The lowest BCUT2D eigenvalue weighted by Gasteiger charge is -1.94. The minimum absolute atomic E-state index is 0.265. The van der Waals surface area contributed by atoms with Gasteiger partial charge in [-0.1, -0.05) is 24.6 Å². The second kappa shape index (κ2) is 10.0.